The molecule has 1 heterocycles. The van der Waals surface area contributed by atoms with E-state index >= 15 is 0 Å². The third-order valence-corrected chi connectivity index (χ3v) is 3.94. The number of aromatic nitrogens is 1. The van der Waals surface area contributed by atoms with E-state index in [1.165, 1.54) is 11.1 Å². The lowest BCUT2D eigenvalue weighted by Crippen LogP contribution is -2.17. The summed E-state index contributed by atoms with van der Waals surface area (Å²) < 4.78 is 0. The largest absolute Gasteiger partial charge is 0.347 e. The van der Waals surface area contributed by atoms with Gasteiger partial charge in [0.15, 0.2) is 5.13 Å². The highest BCUT2D eigenvalue weighted by atomic mass is 32.1. The molecule has 0 amide bonds. The Kier molecular flexibility index (Phi) is 3.99. The lowest BCUT2D eigenvalue weighted by atomic mass is 10.1. The molecule has 0 fully saturated rings. The van der Waals surface area contributed by atoms with Crippen LogP contribution in [0, 0.1) is 6.92 Å². The first-order chi connectivity index (χ1) is 8.58. The molecule has 18 heavy (non-hydrogen) atoms. The molecule has 3 nitrogen and oxygen atoms in total. The molecule has 2 rings (SSSR count). The first-order valence-electron chi connectivity index (χ1n) is 6.04. The summed E-state index contributed by atoms with van der Waals surface area (Å²) in [5.41, 5.74) is 9.44. The first-order valence-corrected chi connectivity index (χ1v) is 6.92. The van der Waals surface area contributed by atoms with Crippen molar-refractivity contribution in [2.24, 2.45) is 5.73 Å². The van der Waals surface area contributed by atoms with Gasteiger partial charge in [-0.25, -0.2) is 4.98 Å². The summed E-state index contributed by atoms with van der Waals surface area (Å²) in [4.78, 5) is 6.72. The Balaban J connectivity index is 2.12. The van der Waals surface area contributed by atoms with Crippen LogP contribution in [0.4, 0.5) is 5.13 Å². The van der Waals surface area contributed by atoms with Crippen LogP contribution in [-0.2, 0) is 6.54 Å². The Hall–Kier alpha value is -1.39. The van der Waals surface area contributed by atoms with Crippen LogP contribution >= 0.6 is 11.3 Å². The predicted octanol–water partition coefficient (Wildman–Crippen LogP) is 3.11. The molecule has 1 aromatic carbocycles. The highest BCUT2D eigenvalue weighted by Gasteiger charge is 2.10. The summed E-state index contributed by atoms with van der Waals surface area (Å²) in [5, 5.41) is 3.06. The minimum absolute atomic E-state index is 0.00172. The molecular formula is C14H19N3S. The fourth-order valence-corrected chi connectivity index (χ4v) is 2.67. The zero-order valence-corrected chi connectivity index (χ0v) is 11.9. The Bertz CT molecular complexity index is 519. The molecule has 1 aromatic heterocycles. The van der Waals surface area contributed by atoms with Gasteiger partial charge in [0.2, 0.25) is 0 Å². The van der Waals surface area contributed by atoms with Crippen molar-refractivity contribution in [3.05, 3.63) is 46.5 Å². The van der Waals surface area contributed by atoms with Gasteiger partial charge in [-0.15, -0.1) is 11.3 Å². The van der Waals surface area contributed by atoms with Gasteiger partial charge in [0.1, 0.15) is 0 Å². The van der Waals surface area contributed by atoms with Crippen LogP contribution in [0.5, 0.6) is 0 Å². The van der Waals surface area contributed by atoms with Crippen molar-refractivity contribution in [2.75, 3.05) is 11.9 Å². The molecule has 2 N–H and O–H groups in total. The fourth-order valence-electron chi connectivity index (χ4n) is 1.77. The van der Waals surface area contributed by atoms with Crippen LogP contribution in [0.1, 0.15) is 29.8 Å². The number of rotatable bonds is 4. The quantitative estimate of drug-likeness (QED) is 0.919. The van der Waals surface area contributed by atoms with Crippen LogP contribution in [0.25, 0.3) is 0 Å². The molecule has 0 bridgehead atoms. The molecule has 4 heteroatoms. The number of hydrogen-bond donors (Lipinski definition) is 1. The molecular weight excluding hydrogens is 242 g/mol. The fraction of sp³-hybridized carbons (Fsp3) is 0.357. The molecule has 0 aliphatic rings. The second kappa shape index (κ2) is 5.50. The van der Waals surface area contributed by atoms with E-state index in [1.807, 2.05) is 12.3 Å². The Morgan fingerprint density at radius 1 is 1.39 bits per heavy atom. The van der Waals surface area contributed by atoms with Gasteiger partial charge >= 0.3 is 0 Å². The molecule has 1 unspecified atom stereocenters. The summed E-state index contributed by atoms with van der Waals surface area (Å²) in [6.45, 7) is 4.97. The standard InChI is InChI=1S/C14H19N3S/c1-10-6-4-5-7-12(10)8-17(3)14-16-13(9-18-14)11(2)15/h4-7,9,11H,8,15H2,1-3H3. The van der Waals surface area contributed by atoms with Crippen molar-refractivity contribution in [1.82, 2.24) is 4.98 Å². The van der Waals surface area contributed by atoms with Gasteiger partial charge < -0.3 is 10.6 Å². The van der Waals surface area contributed by atoms with E-state index in [4.69, 9.17) is 5.73 Å². The van der Waals surface area contributed by atoms with E-state index in [0.29, 0.717) is 0 Å². The number of thiazole rings is 1. The van der Waals surface area contributed by atoms with Gasteiger partial charge in [-0.1, -0.05) is 24.3 Å². The van der Waals surface area contributed by atoms with E-state index in [-0.39, 0.29) is 6.04 Å². The topological polar surface area (TPSA) is 42.2 Å². The normalized spacial score (nSPS) is 12.4. The van der Waals surface area contributed by atoms with Gasteiger partial charge in [0, 0.05) is 25.0 Å². The van der Waals surface area contributed by atoms with E-state index in [0.717, 1.165) is 17.4 Å². The number of benzene rings is 1. The van der Waals surface area contributed by atoms with E-state index in [9.17, 15) is 0 Å². The number of nitrogens with zero attached hydrogens (tertiary/aromatic N) is 2. The smallest absolute Gasteiger partial charge is 0.185 e. The van der Waals surface area contributed by atoms with Gasteiger partial charge in [-0.2, -0.15) is 0 Å². The maximum Gasteiger partial charge on any atom is 0.185 e. The lowest BCUT2D eigenvalue weighted by Gasteiger charge is -2.17. The van der Waals surface area contributed by atoms with Crippen LogP contribution in [0.2, 0.25) is 0 Å². The SMILES string of the molecule is Cc1ccccc1CN(C)c1nc(C(C)N)cs1. The molecule has 0 aliphatic heterocycles. The summed E-state index contributed by atoms with van der Waals surface area (Å²) in [7, 11) is 2.07. The molecule has 0 radical (unpaired) electrons. The van der Waals surface area contributed by atoms with Gasteiger partial charge in [0.25, 0.3) is 0 Å². The summed E-state index contributed by atoms with van der Waals surface area (Å²) >= 11 is 1.65. The van der Waals surface area contributed by atoms with E-state index in [2.05, 4.69) is 48.1 Å². The molecule has 0 saturated heterocycles. The maximum absolute atomic E-state index is 5.83. The van der Waals surface area contributed by atoms with E-state index in [1.54, 1.807) is 11.3 Å². The van der Waals surface area contributed by atoms with Crippen molar-refractivity contribution in [2.45, 2.75) is 26.4 Å². The second-order valence-electron chi connectivity index (χ2n) is 4.63. The lowest BCUT2D eigenvalue weighted by molar-refractivity contribution is 0.783. The molecule has 0 saturated carbocycles. The van der Waals surface area contributed by atoms with Crippen LogP contribution in [0.3, 0.4) is 0 Å². The van der Waals surface area contributed by atoms with Crippen molar-refractivity contribution in [3.63, 3.8) is 0 Å². The minimum atomic E-state index is 0.00172. The average molecular weight is 261 g/mol. The summed E-state index contributed by atoms with van der Waals surface area (Å²) in [6, 6.07) is 8.44. The second-order valence-corrected chi connectivity index (χ2v) is 5.46. The third-order valence-electron chi connectivity index (χ3n) is 2.97. The van der Waals surface area contributed by atoms with E-state index < -0.39 is 0 Å². The average Bonchev–Trinajstić information content (AvgIpc) is 2.81. The zero-order valence-electron chi connectivity index (χ0n) is 11.1. The van der Waals surface area contributed by atoms with Crippen LogP contribution in [0.15, 0.2) is 29.6 Å². The van der Waals surface area contributed by atoms with Gasteiger partial charge in [-0.3, -0.25) is 0 Å². The molecule has 96 valence electrons. The van der Waals surface area contributed by atoms with Gasteiger partial charge in [0.05, 0.1) is 5.69 Å². The Morgan fingerprint density at radius 3 is 2.72 bits per heavy atom. The molecule has 1 atom stereocenters. The molecule has 0 aliphatic carbocycles. The number of nitrogens with two attached hydrogens (primary N) is 1. The molecule has 0 spiro atoms. The van der Waals surface area contributed by atoms with Crippen molar-refractivity contribution in [1.29, 1.82) is 0 Å². The van der Waals surface area contributed by atoms with Gasteiger partial charge in [-0.05, 0) is 25.0 Å². The number of hydrogen-bond acceptors (Lipinski definition) is 4. The van der Waals surface area contributed by atoms with Crippen molar-refractivity contribution in [3.8, 4) is 0 Å². The first kappa shape index (κ1) is 13.1. The monoisotopic (exact) mass is 261 g/mol. The predicted molar refractivity (Wildman–Crippen MR) is 78.0 cm³/mol. The highest BCUT2D eigenvalue weighted by Crippen LogP contribution is 2.24. The third kappa shape index (κ3) is 2.89. The maximum atomic E-state index is 5.83. The number of anilines is 1. The molecule has 2 aromatic rings. The Morgan fingerprint density at radius 2 is 2.11 bits per heavy atom. The number of aryl methyl sites for hydroxylation is 1. The minimum Gasteiger partial charge on any atom is -0.347 e. The van der Waals surface area contributed by atoms with Crippen LogP contribution in [-0.4, -0.2) is 12.0 Å². The summed E-state index contributed by atoms with van der Waals surface area (Å²) in [6.07, 6.45) is 0. The zero-order chi connectivity index (χ0) is 13.1. The van der Waals surface area contributed by atoms with Crippen molar-refractivity contribution < 1.29 is 0 Å². The Labute approximate surface area is 112 Å². The van der Waals surface area contributed by atoms with Crippen LogP contribution < -0.4 is 10.6 Å². The van der Waals surface area contributed by atoms with Crippen molar-refractivity contribution >= 4 is 16.5 Å². The summed E-state index contributed by atoms with van der Waals surface area (Å²) in [5.74, 6) is 0. The highest BCUT2D eigenvalue weighted by molar-refractivity contribution is 7.13.